The summed E-state index contributed by atoms with van der Waals surface area (Å²) in [4.78, 5) is 14.4. The van der Waals surface area contributed by atoms with E-state index in [0.29, 0.717) is 32.4 Å². The van der Waals surface area contributed by atoms with Crippen LogP contribution in [0.4, 0.5) is 0 Å². The summed E-state index contributed by atoms with van der Waals surface area (Å²) in [5, 5.41) is 27.1. The Hall–Kier alpha value is -2.84. The summed E-state index contributed by atoms with van der Waals surface area (Å²) in [6.07, 6.45) is 0.764. The molecule has 0 aromatic heterocycles. The monoisotopic (exact) mass is 522 g/mol. The molecule has 6 nitrogen and oxygen atoms in total. The minimum atomic E-state index is -0.789. The average molecular weight is 523 g/mol. The van der Waals surface area contributed by atoms with Crippen LogP contribution in [0, 0.1) is 5.92 Å². The molecule has 0 spiro atoms. The average Bonchev–Trinajstić information content (AvgIpc) is 2.93. The van der Waals surface area contributed by atoms with Crippen molar-refractivity contribution in [2.75, 3.05) is 26.0 Å². The lowest BCUT2D eigenvalue weighted by atomic mass is 9.97. The van der Waals surface area contributed by atoms with Crippen LogP contribution in [0.25, 0.3) is 0 Å². The SMILES string of the molecule is COc1cccc(CNC[C@@H](O)[C@H](Cc2ccccc2)NC(=O)C(CCO)CCSc2ccccc2)c1. The maximum Gasteiger partial charge on any atom is 0.223 e. The Bertz CT molecular complexity index is 1050. The zero-order chi connectivity index (χ0) is 26.3. The third kappa shape index (κ3) is 10.2. The summed E-state index contributed by atoms with van der Waals surface area (Å²) in [5.74, 6) is 1.11. The highest BCUT2D eigenvalue weighted by Crippen LogP contribution is 2.22. The molecule has 3 aromatic carbocycles. The summed E-state index contributed by atoms with van der Waals surface area (Å²) in [6, 6.07) is 27.3. The number of rotatable bonds is 16. The van der Waals surface area contributed by atoms with Gasteiger partial charge in [-0.05, 0) is 60.4 Å². The molecular weight excluding hydrogens is 484 g/mol. The maximum absolute atomic E-state index is 13.3. The summed E-state index contributed by atoms with van der Waals surface area (Å²) < 4.78 is 5.28. The fourth-order valence-electron chi connectivity index (χ4n) is 4.14. The van der Waals surface area contributed by atoms with Crippen molar-refractivity contribution in [1.29, 1.82) is 0 Å². The number of aliphatic hydroxyl groups excluding tert-OH is 2. The molecule has 1 amide bonds. The van der Waals surface area contributed by atoms with E-state index in [2.05, 4.69) is 22.8 Å². The third-order valence-corrected chi connectivity index (χ3v) is 7.28. The molecule has 3 aromatic rings. The number of aliphatic hydroxyl groups is 2. The van der Waals surface area contributed by atoms with Crippen LogP contribution < -0.4 is 15.4 Å². The van der Waals surface area contributed by atoms with Gasteiger partial charge < -0.3 is 25.6 Å². The predicted molar refractivity (Wildman–Crippen MR) is 150 cm³/mol. The van der Waals surface area contributed by atoms with Crippen LogP contribution in [-0.2, 0) is 17.8 Å². The second-order valence-electron chi connectivity index (χ2n) is 9.01. The van der Waals surface area contributed by atoms with E-state index >= 15 is 0 Å². The van der Waals surface area contributed by atoms with Gasteiger partial charge in [-0.25, -0.2) is 0 Å². The van der Waals surface area contributed by atoms with Crippen molar-refractivity contribution in [3.63, 3.8) is 0 Å². The quantitative estimate of drug-likeness (QED) is 0.212. The van der Waals surface area contributed by atoms with Crippen LogP contribution in [0.1, 0.15) is 24.0 Å². The molecule has 0 saturated heterocycles. The Kier molecular flexibility index (Phi) is 12.5. The first-order valence-electron chi connectivity index (χ1n) is 12.7. The highest BCUT2D eigenvalue weighted by Gasteiger charge is 2.26. The van der Waals surface area contributed by atoms with Crippen LogP contribution in [0.5, 0.6) is 5.75 Å². The molecule has 0 aliphatic carbocycles. The maximum atomic E-state index is 13.3. The summed E-state index contributed by atoms with van der Waals surface area (Å²) >= 11 is 1.70. The van der Waals surface area contributed by atoms with Crippen LogP contribution in [0.2, 0.25) is 0 Å². The van der Waals surface area contributed by atoms with E-state index in [4.69, 9.17) is 4.74 Å². The zero-order valence-electron chi connectivity index (χ0n) is 21.4. The first kappa shape index (κ1) is 28.7. The molecule has 0 aliphatic rings. The molecule has 4 N–H and O–H groups in total. The fraction of sp³-hybridized carbons (Fsp3) is 0.367. The van der Waals surface area contributed by atoms with E-state index in [0.717, 1.165) is 27.5 Å². The second-order valence-corrected chi connectivity index (χ2v) is 10.2. The van der Waals surface area contributed by atoms with E-state index in [1.54, 1.807) is 18.9 Å². The van der Waals surface area contributed by atoms with Crippen LogP contribution in [-0.4, -0.2) is 54.3 Å². The standard InChI is InChI=1S/C30H38N2O4S/c1-36-26-12-8-11-24(19-26)21-31-22-29(34)28(20-23-9-4-2-5-10-23)32-30(35)25(15-17-33)16-18-37-27-13-6-3-7-14-27/h2-14,19,25,28-29,31,33-34H,15-18,20-22H2,1H3,(H,32,35)/t25?,28-,29+/m0/s1. The number of amides is 1. The Morgan fingerprint density at radius 1 is 0.946 bits per heavy atom. The number of methoxy groups -OCH3 is 1. The van der Waals surface area contributed by atoms with Gasteiger partial charge in [-0.3, -0.25) is 4.79 Å². The number of hydrogen-bond donors (Lipinski definition) is 4. The minimum Gasteiger partial charge on any atom is -0.497 e. The van der Waals surface area contributed by atoms with E-state index in [9.17, 15) is 15.0 Å². The molecule has 0 radical (unpaired) electrons. The molecule has 7 heteroatoms. The molecular formula is C30H38N2O4S. The highest BCUT2D eigenvalue weighted by molar-refractivity contribution is 7.99. The molecule has 0 fully saturated rings. The van der Waals surface area contributed by atoms with Gasteiger partial charge in [0.05, 0.1) is 19.3 Å². The van der Waals surface area contributed by atoms with Gasteiger partial charge in [0, 0.05) is 30.5 Å². The number of carbonyl (C=O) groups excluding carboxylic acids is 1. The molecule has 198 valence electrons. The van der Waals surface area contributed by atoms with E-state index < -0.39 is 12.1 Å². The minimum absolute atomic E-state index is 0.0535. The van der Waals surface area contributed by atoms with Gasteiger partial charge in [-0.1, -0.05) is 60.7 Å². The first-order chi connectivity index (χ1) is 18.1. The number of ether oxygens (including phenoxy) is 1. The lowest BCUT2D eigenvalue weighted by Crippen LogP contribution is -2.50. The Labute approximate surface area is 224 Å². The molecule has 0 heterocycles. The van der Waals surface area contributed by atoms with Gasteiger partial charge in [0.25, 0.3) is 0 Å². The number of hydrogen-bond acceptors (Lipinski definition) is 6. The topological polar surface area (TPSA) is 90.8 Å². The normalized spacial score (nSPS) is 13.5. The lowest BCUT2D eigenvalue weighted by molar-refractivity contribution is -0.127. The molecule has 3 rings (SSSR count). The van der Waals surface area contributed by atoms with E-state index in [1.807, 2.05) is 72.8 Å². The van der Waals surface area contributed by atoms with Crippen LogP contribution in [0.3, 0.4) is 0 Å². The van der Waals surface area contributed by atoms with E-state index in [1.165, 1.54) is 0 Å². The Balaban J connectivity index is 1.60. The van der Waals surface area contributed by atoms with Crippen molar-refractivity contribution < 1.29 is 19.7 Å². The van der Waals surface area contributed by atoms with Crippen molar-refractivity contribution in [1.82, 2.24) is 10.6 Å². The number of carbonyl (C=O) groups is 1. The summed E-state index contributed by atoms with van der Waals surface area (Å²) in [6.45, 7) is 0.843. The smallest absolute Gasteiger partial charge is 0.223 e. The van der Waals surface area contributed by atoms with E-state index in [-0.39, 0.29) is 18.4 Å². The Morgan fingerprint density at radius 3 is 2.35 bits per heavy atom. The second kappa shape index (κ2) is 16.1. The lowest BCUT2D eigenvalue weighted by Gasteiger charge is -2.27. The predicted octanol–water partition coefficient (Wildman–Crippen LogP) is 4.05. The first-order valence-corrected chi connectivity index (χ1v) is 13.7. The Morgan fingerprint density at radius 2 is 1.65 bits per heavy atom. The molecule has 3 atom stereocenters. The zero-order valence-corrected chi connectivity index (χ0v) is 22.2. The molecule has 0 saturated carbocycles. The van der Waals surface area contributed by atoms with Gasteiger partial charge in [0.15, 0.2) is 0 Å². The molecule has 1 unspecified atom stereocenters. The third-order valence-electron chi connectivity index (χ3n) is 6.23. The van der Waals surface area contributed by atoms with Gasteiger partial charge in [0.1, 0.15) is 5.75 Å². The van der Waals surface area contributed by atoms with Gasteiger partial charge in [0.2, 0.25) is 5.91 Å². The molecule has 0 aliphatic heterocycles. The van der Waals surface area contributed by atoms with Gasteiger partial charge in [-0.2, -0.15) is 0 Å². The van der Waals surface area contributed by atoms with Crippen molar-refractivity contribution in [2.45, 2.75) is 42.8 Å². The highest BCUT2D eigenvalue weighted by atomic mass is 32.2. The number of thioether (sulfide) groups is 1. The van der Waals surface area contributed by atoms with Gasteiger partial charge in [-0.15, -0.1) is 11.8 Å². The fourth-order valence-corrected chi connectivity index (χ4v) is 5.13. The van der Waals surface area contributed by atoms with Gasteiger partial charge >= 0.3 is 0 Å². The van der Waals surface area contributed by atoms with Crippen molar-refractivity contribution >= 4 is 17.7 Å². The molecule has 37 heavy (non-hydrogen) atoms. The van der Waals surface area contributed by atoms with Crippen molar-refractivity contribution in [3.05, 3.63) is 96.1 Å². The number of nitrogens with one attached hydrogen (secondary N) is 2. The summed E-state index contributed by atoms with van der Waals surface area (Å²) in [7, 11) is 1.64. The summed E-state index contributed by atoms with van der Waals surface area (Å²) in [5.41, 5.74) is 2.09. The van der Waals surface area contributed by atoms with Crippen LogP contribution in [0.15, 0.2) is 89.8 Å². The van der Waals surface area contributed by atoms with Crippen molar-refractivity contribution in [2.24, 2.45) is 5.92 Å². The van der Waals surface area contributed by atoms with Crippen LogP contribution >= 0.6 is 11.8 Å². The van der Waals surface area contributed by atoms with Crippen molar-refractivity contribution in [3.8, 4) is 5.75 Å². The largest absolute Gasteiger partial charge is 0.497 e. The number of benzene rings is 3. The molecule has 0 bridgehead atoms.